The van der Waals surface area contributed by atoms with Gasteiger partial charge in [-0.25, -0.2) is 0 Å². The highest BCUT2D eigenvalue weighted by Gasteiger charge is 1.99. The second-order valence-corrected chi connectivity index (χ2v) is 5.33. The van der Waals surface area contributed by atoms with Crippen LogP contribution in [-0.4, -0.2) is 19.1 Å². The van der Waals surface area contributed by atoms with Crippen molar-refractivity contribution in [3.8, 4) is 0 Å². The third kappa shape index (κ3) is 3.14. The molecule has 0 saturated carbocycles. The third-order valence-electron chi connectivity index (χ3n) is 3.55. The molecule has 21 heavy (non-hydrogen) atoms. The Morgan fingerprint density at radius 3 is 2.57 bits per heavy atom. The van der Waals surface area contributed by atoms with Gasteiger partial charge in [0, 0.05) is 43.6 Å². The van der Waals surface area contributed by atoms with Crippen LogP contribution < -0.4 is 10.2 Å². The van der Waals surface area contributed by atoms with Gasteiger partial charge in [-0.15, -0.1) is 0 Å². The van der Waals surface area contributed by atoms with E-state index in [2.05, 4.69) is 63.7 Å². The van der Waals surface area contributed by atoms with Crippen LogP contribution in [0.3, 0.4) is 0 Å². The van der Waals surface area contributed by atoms with Gasteiger partial charge in [-0.2, -0.15) is 0 Å². The molecular formula is C18H19N3. The molecular weight excluding hydrogens is 258 g/mol. The summed E-state index contributed by atoms with van der Waals surface area (Å²) in [7, 11) is 4.09. The van der Waals surface area contributed by atoms with Gasteiger partial charge in [-0.05, 0) is 48.0 Å². The molecule has 0 aliphatic rings. The van der Waals surface area contributed by atoms with Gasteiger partial charge in [0.15, 0.2) is 0 Å². The number of anilines is 2. The zero-order chi connectivity index (χ0) is 14.7. The van der Waals surface area contributed by atoms with Crippen molar-refractivity contribution in [2.45, 2.75) is 6.54 Å². The lowest BCUT2D eigenvalue weighted by atomic mass is 10.1. The van der Waals surface area contributed by atoms with E-state index in [1.807, 2.05) is 26.4 Å². The molecule has 0 radical (unpaired) electrons. The van der Waals surface area contributed by atoms with E-state index in [0.29, 0.717) is 0 Å². The molecule has 1 N–H and O–H groups in total. The molecule has 0 fully saturated rings. The number of hydrogen-bond donors (Lipinski definition) is 1. The lowest BCUT2D eigenvalue weighted by Crippen LogP contribution is -2.08. The molecule has 1 heterocycles. The van der Waals surface area contributed by atoms with Crippen molar-refractivity contribution in [1.29, 1.82) is 0 Å². The van der Waals surface area contributed by atoms with Crippen LogP contribution in [-0.2, 0) is 6.54 Å². The fourth-order valence-electron chi connectivity index (χ4n) is 2.32. The van der Waals surface area contributed by atoms with E-state index in [-0.39, 0.29) is 0 Å². The fraction of sp³-hybridized carbons (Fsp3) is 0.167. The quantitative estimate of drug-likeness (QED) is 0.783. The van der Waals surface area contributed by atoms with E-state index in [1.165, 1.54) is 16.6 Å². The molecule has 0 aliphatic heterocycles. The summed E-state index contributed by atoms with van der Waals surface area (Å²) >= 11 is 0. The minimum atomic E-state index is 0.812. The molecule has 3 rings (SSSR count). The predicted octanol–water partition coefficient (Wildman–Crippen LogP) is 3.91. The Kier molecular flexibility index (Phi) is 3.73. The van der Waals surface area contributed by atoms with Crippen LogP contribution in [0.1, 0.15) is 5.56 Å². The van der Waals surface area contributed by atoms with Crippen molar-refractivity contribution >= 4 is 22.3 Å². The molecule has 3 heteroatoms. The average molecular weight is 277 g/mol. The first-order chi connectivity index (χ1) is 10.2. The summed E-state index contributed by atoms with van der Waals surface area (Å²) < 4.78 is 0. The predicted molar refractivity (Wildman–Crippen MR) is 89.8 cm³/mol. The largest absolute Gasteiger partial charge is 0.381 e. The Morgan fingerprint density at radius 1 is 1.00 bits per heavy atom. The Morgan fingerprint density at radius 2 is 1.81 bits per heavy atom. The summed E-state index contributed by atoms with van der Waals surface area (Å²) in [6.45, 7) is 0.812. The Hall–Kier alpha value is -2.55. The molecule has 106 valence electrons. The van der Waals surface area contributed by atoms with E-state index in [0.717, 1.165) is 17.7 Å². The van der Waals surface area contributed by atoms with Gasteiger partial charge in [-0.3, -0.25) is 4.98 Å². The number of hydrogen-bond acceptors (Lipinski definition) is 3. The Labute approximate surface area is 125 Å². The van der Waals surface area contributed by atoms with Crippen molar-refractivity contribution in [2.75, 3.05) is 24.3 Å². The van der Waals surface area contributed by atoms with E-state index in [4.69, 9.17) is 0 Å². The van der Waals surface area contributed by atoms with Gasteiger partial charge in [0.2, 0.25) is 0 Å². The van der Waals surface area contributed by atoms with E-state index >= 15 is 0 Å². The monoisotopic (exact) mass is 277 g/mol. The topological polar surface area (TPSA) is 28.2 Å². The van der Waals surface area contributed by atoms with Crippen molar-refractivity contribution in [2.24, 2.45) is 0 Å². The zero-order valence-corrected chi connectivity index (χ0v) is 12.4. The van der Waals surface area contributed by atoms with Crippen LogP contribution in [0.25, 0.3) is 10.9 Å². The first kappa shape index (κ1) is 13.4. The molecule has 3 aromatic rings. The molecule has 1 aromatic heterocycles. The highest BCUT2D eigenvalue weighted by Crippen LogP contribution is 2.18. The molecule has 0 amide bonds. The SMILES string of the molecule is CN(C)c1ccc(NCc2ccc3ncccc3c2)cc1. The van der Waals surface area contributed by atoms with Gasteiger partial charge in [0.25, 0.3) is 0 Å². The van der Waals surface area contributed by atoms with Crippen LogP contribution in [0.2, 0.25) is 0 Å². The van der Waals surface area contributed by atoms with Crippen LogP contribution in [0.15, 0.2) is 60.8 Å². The second-order valence-electron chi connectivity index (χ2n) is 5.33. The number of aromatic nitrogens is 1. The highest BCUT2D eigenvalue weighted by atomic mass is 15.1. The summed E-state index contributed by atoms with van der Waals surface area (Å²) in [4.78, 5) is 6.44. The van der Waals surface area contributed by atoms with Crippen LogP contribution in [0.5, 0.6) is 0 Å². The summed E-state index contributed by atoms with van der Waals surface area (Å²) in [6, 6.07) is 18.9. The molecule has 0 saturated heterocycles. The van der Waals surface area contributed by atoms with Crippen molar-refractivity contribution in [3.05, 3.63) is 66.4 Å². The van der Waals surface area contributed by atoms with Crippen molar-refractivity contribution in [1.82, 2.24) is 4.98 Å². The lowest BCUT2D eigenvalue weighted by Gasteiger charge is -2.13. The van der Waals surface area contributed by atoms with E-state index in [1.54, 1.807) is 0 Å². The maximum Gasteiger partial charge on any atom is 0.0702 e. The van der Waals surface area contributed by atoms with Gasteiger partial charge >= 0.3 is 0 Å². The number of benzene rings is 2. The third-order valence-corrected chi connectivity index (χ3v) is 3.55. The number of fused-ring (bicyclic) bond motifs is 1. The summed E-state index contributed by atoms with van der Waals surface area (Å²) in [5.74, 6) is 0. The maximum absolute atomic E-state index is 4.34. The molecule has 0 atom stereocenters. The summed E-state index contributed by atoms with van der Waals surface area (Å²) in [5, 5.41) is 4.63. The van der Waals surface area contributed by atoms with Crippen LogP contribution in [0, 0.1) is 0 Å². The number of nitrogens with zero attached hydrogens (tertiary/aromatic N) is 2. The second kappa shape index (κ2) is 5.83. The van der Waals surface area contributed by atoms with Gasteiger partial charge in [0.05, 0.1) is 5.52 Å². The molecule has 0 unspecified atom stereocenters. The van der Waals surface area contributed by atoms with Crippen molar-refractivity contribution in [3.63, 3.8) is 0 Å². The molecule has 0 aliphatic carbocycles. The zero-order valence-electron chi connectivity index (χ0n) is 12.4. The summed E-state index contributed by atoms with van der Waals surface area (Å²) in [5.41, 5.74) is 4.63. The number of nitrogens with one attached hydrogen (secondary N) is 1. The molecule has 0 spiro atoms. The van der Waals surface area contributed by atoms with Crippen LogP contribution >= 0.6 is 0 Å². The number of rotatable bonds is 4. The average Bonchev–Trinajstić information content (AvgIpc) is 2.53. The van der Waals surface area contributed by atoms with Crippen molar-refractivity contribution < 1.29 is 0 Å². The fourth-order valence-corrected chi connectivity index (χ4v) is 2.32. The van der Waals surface area contributed by atoms with Gasteiger partial charge in [0.1, 0.15) is 0 Å². The van der Waals surface area contributed by atoms with E-state index in [9.17, 15) is 0 Å². The Balaban J connectivity index is 1.71. The van der Waals surface area contributed by atoms with E-state index < -0.39 is 0 Å². The summed E-state index contributed by atoms with van der Waals surface area (Å²) in [6.07, 6.45) is 1.83. The molecule has 0 bridgehead atoms. The minimum Gasteiger partial charge on any atom is -0.381 e. The first-order valence-corrected chi connectivity index (χ1v) is 7.07. The smallest absolute Gasteiger partial charge is 0.0702 e. The normalized spacial score (nSPS) is 10.6. The standard InChI is InChI=1S/C18H19N3/c1-21(2)17-8-6-16(7-9-17)20-13-14-5-10-18-15(12-14)4-3-11-19-18/h3-12,20H,13H2,1-2H3. The van der Waals surface area contributed by atoms with Gasteiger partial charge < -0.3 is 10.2 Å². The highest BCUT2D eigenvalue weighted by molar-refractivity contribution is 5.79. The first-order valence-electron chi connectivity index (χ1n) is 7.07. The maximum atomic E-state index is 4.34. The molecule has 2 aromatic carbocycles. The number of pyridine rings is 1. The minimum absolute atomic E-state index is 0.812. The lowest BCUT2D eigenvalue weighted by molar-refractivity contribution is 1.12. The van der Waals surface area contributed by atoms with Gasteiger partial charge in [-0.1, -0.05) is 12.1 Å². The van der Waals surface area contributed by atoms with Crippen LogP contribution in [0.4, 0.5) is 11.4 Å². The molecule has 3 nitrogen and oxygen atoms in total. The Bertz CT molecular complexity index is 733.